The molecular weight excluding hydrogens is 356 g/mol. The van der Waals surface area contributed by atoms with Gasteiger partial charge in [-0.05, 0) is 44.5 Å². The summed E-state index contributed by atoms with van der Waals surface area (Å²) in [5.74, 6) is 0.0301. The average molecular weight is 379 g/mol. The standard InChI is InChI=1S/C17H23BrN4O/c1-4-9-20-17(23)11-19-10-16-12(2)21-22(13(16)3)15-7-5-14(18)6-8-15/h5-8,19H,4,9-11H2,1-3H3,(H,20,23). The van der Waals surface area contributed by atoms with Crippen LogP contribution in [0, 0.1) is 13.8 Å². The highest BCUT2D eigenvalue weighted by Crippen LogP contribution is 2.19. The Morgan fingerprint density at radius 3 is 2.61 bits per heavy atom. The zero-order valence-electron chi connectivity index (χ0n) is 13.8. The van der Waals surface area contributed by atoms with E-state index in [1.165, 1.54) is 0 Å². The monoisotopic (exact) mass is 378 g/mol. The van der Waals surface area contributed by atoms with Gasteiger partial charge in [-0.1, -0.05) is 22.9 Å². The Balaban J connectivity index is 2.03. The quantitative estimate of drug-likeness (QED) is 0.778. The number of nitrogens with one attached hydrogen (secondary N) is 2. The van der Waals surface area contributed by atoms with E-state index in [-0.39, 0.29) is 5.91 Å². The van der Waals surface area contributed by atoms with Gasteiger partial charge < -0.3 is 10.6 Å². The zero-order valence-corrected chi connectivity index (χ0v) is 15.4. The summed E-state index contributed by atoms with van der Waals surface area (Å²) in [5, 5.41) is 10.7. The first-order chi connectivity index (χ1) is 11.0. The van der Waals surface area contributed by atoms with E-state index in [9.17, 15) is 4.79 Å². The average Bonchev–Trinajstić information content (AvgIpc) is 2.81. The number of aryl methyl sites for hydroxylation is 1. The molecule has 0 fully saturated rings. The third-order valence-corrected chi connectivity index (χ3v) is 4.20. The van der Waals surface area contributed by atoms with Crippen molar-refractivity contribution in [2.45, 2.75) is 33.7 Å². The van der Waals surface area contributed by atoms with Crippen molar-refractivity contribution < 1.29 is 4.79 Å². The third kappa shape index (κ3) is 4.65. The smallest absolute Gasteiger partial charge is 0.233 e. The predicted molar refractivity (Wildman–Crippen MR) is 95.7 cm³/mol. The van der Waals surface area contributed by atoms with Crippen LogP contribution in [0.15, 0.2) is 28.7 Å². The van der Waals surface area contributed by atoms with Gasteiger partial charge in [0.1, 0.15) is 0 Å². The highest BCUT2D eigenvalue weighted by molar-refractivity contribution is 9.10. The van der Waals surface area contributed by atoms with E-state index in [0.717, 1.165) is 40.1 Å². The topological polar surface area (TPSA) is 59.0 Å². The second kappa shape index (κ2) is 8.26. The largest absolute Gasteiger partial charge is 0.355 e. The van der Waals surface area contributed by atoms with Gasteiger partial charge >= 0.3 is 0 Å². The molecule has 2 N–H and O–H groups in total. The van der Waals surface area contributed by atoms with Crippen molar-refractivity contribution in [1.29, 1.82) is 0 Å². The molecule has 0 aliphatic rings. The van der Waals surface area contributed by atoms with Crippen LogP contribution in [0.5, 0.6) is 0 Å². The summed E-state index contributed by atoms with van der Waals surface area (Å²) in [4.78, 5) is 11.6. The van der Waals surface area contributed by atoms with Gasteiger partial charge in [0, 0.05) is 28.8 Å². The zero-order chi connectivity index (χ0) is 16.8. The minimum Gasteiger partial charge on any atom is -0.355 e. The lowest BCUT2D eigenvalue weighted by Crippen LogP contribution is -2.34. The molecular formula is C17H23BrN4O. The number of amides is 1. The highest BCUT2D eigenvalue weighted by atomic mass is 79.9. The number of benzene rings is 1. The third-order valence-electron chi connectivity index (χ3n) is 3.67. The van der Waals surface area contributed by atoms with Crippen LogP contribution in [0.4, 0.5) is 0 Å². The van der Waals surface area contributed by atoms with Crippen LogP contribution in [-0.2, 0) is 11.3 Å². The summed E-state index contributed by atoms with van der Waals surface area (Å²) in [7, 11) is 0. The first-order valence-electron chi connectivity index (χ1n) is 7.81. The summed E-state index contributed by atoms with van der Waals surface area (Å²) in [6, 6.07) is 8.06. The fraction of sp³-hybridized carbons (Fsp3) is 0.412. The molecule has 124 valence electrons. The summed E-state index contributed by atoms with van der Waals surface area (Å²) >= 11 is 3.44. The second-order valence-electron chi connectivity index (χ2n) is 5.49. The maximum atomic E-state index is 11.6. The first kappa shape index (κ1) is 17.7. The minimum atomic E-state index is 0.0301. The molecule has 1 aromatic carbocycles. The van der Waals surface area contributed by atoms with E-state index in [2.05, 4.69) is 38.6 Å². The van der Waals surface area contributed by atoms with Crippen LogP contribution in [0.2, 0.25) is 0 Å². The number of rotatable bonds is 7. The maximum absolute atomic E-state index is 11.6. The number of hydrogen-bond donors (Lipinski definition) is 2. The molecule has 6 heteroatoms. The van der Waals surface area contributed by atoms with Crippen molar-refractivity contribution in [2.75, 3.05) is 13.1 Å². The van der Waals surface area contributed by atoms with Gasteiger partial charge in [-0.2, -0.15) is 5.10 Å². The van der Waals surface area contributed by atoms with E-state index in [1.807, 2.05) is 42.8 Å². The number of halogens is 1. The molecule has 1 heterocycles. The molecule has 0 saturated heterocycles. The molecule has 0 unspecified atom stereocenters. The van der Waals surface area contributed by atoms with E-state index < -0.39 is 0 Å². The lowest BCUT2D eigenvalue weighted by molar-refractivity contribution is -0.120. The van der Waals surface area contributed by atoms with E-state index >= 15 is 0 Å². The number of aromatic nitrogens is 2. The molecule has 1 amide bonds. The van der Waals surface area contributed by atoms with E-state index in [1.54, 1.807) is 0 Å². The lowest BCUT2D eigenvalue weighted by Gasteiger charge is -2.07. The van der Waals surface area contributed by atoms with Crippen molar-refractivity contribution in [1.82, 2.24) is 20.4 Å². The van der Waals surface area contributed by atoms with Crippen LogP contribution in [0.25, 0.3) is 5.69 Å². The summed E-state index contributed by atoms with van der Waals surface area (Å²) in [6.45, 7) is 7.76. The molecule has 0 spiro atoms. The maximum Gasteiger partial charge on any atom is 0.233 e. The number of nitrogens with zero attached hydrogens (tertiary/aromatic N) is 2. The van der Waals surface area contributed by atoms with E-state index in [0.29, 0.717) is 13.1 Å². The molecule has 0 atom stereocenters. The van der Waals surface area contributed by atoms with Crippen LogP contribution < -0.4 is 10.6 Å². The van der Waals surface area contributed by atoms with Crippen LogP contribution in [0.1, 0.15) is 30.3 Å². The molecule has 5 nitrogen and oxygen atoms in total. The normalized spacial score (nSPS) is 10.8. The first-order valence-corrected chi connectivity index (χ1v) is 8.60. The van der Waals surface area contributed by atoms with Crippen molar-refractivity contribution in [3.8, 4) is 5.69 Å². The van der Waals surface area contributed by atoms with Gasteiger partial charge in [-0.25, -0.2) is 4.68 Å². The molecule has 0 radical (unpaired) electrons. The van der Waals surface area contributed by atoms with Crippen molar-refractivity contribution in [3.05, 3.63) is 45.7 Å². The minimum absolute atomic E-state index is 0.0301. The Hall–Kier alpha value is -1.66. The molecule has 2 aromatic rings. The lowest BCUT2D eigenvalue weighted by atomic mass is 10.2. The fourth-order valence-electron chi connectivity index (χ4n) is 2.39. The van der Waals surface area contributed by atoms with Crippen LogP contribution in [0.3, 0.4) is 0 Å². The number of hydrogen-bond acceptors (Lipinski definition) is 3. The van der Waals surface area contributed by atoms with Gasteiger partial charge in [0.2, 0.25) is 5.91 Å². The highest BCUT2D eigenvalue weighted by Gasteiger charge is 2.12. The van der Waals surface area contributed by atoms with Gasteiger partial charge in [-0.3, -0.25) is 4.79 Å². The van der Waals surface area contributed by atoms with Gasteiger partial charge in [0.05, 0.1) is 17.9 Å². The van der Waals surface area contributed by atoms with Crippen molar-refractivity contribution in [3.63, 3.8) is 0 Å². The molecule has 0 saturated carbocycles. The fourth-order valence-corrected chi connectivity index (χ4v) is 2.66. The Bertz CT molecular complexity index is 664. The number of carbonyl (C=O) groups is 1. The van der Waals surface area contributed by atoms with Crippen molar-refractivity contribution >= 4 is 21.8 Å². The SMILES string of the molecule is CCCNC(=O)CNCc1c(C)nn(-c2ccc(Br)cc2)c1C. The molecule has 0 aliphatic carbocycles. The summed E-state index contributed by atoms with van der Waals surface area (Å²) in [6.07, 6.45) is 0.948. The summed E-state index contributed by atoms with van der Waals surface area (Å²) in [5.41, 5.74) is 4.23. The molecule has 2 rings (SSSR count). The molecule has 0 bridgehead atoms. The Morgan fingerprint density at radius 2 is 1.96 bits per heavy atom. The second-order valence-corrected chi connectivity index (χ2v) is 6.41. The van der Waals surface area contributed by atoms with Gasteiger partial charge in [0.15, 0.2) is 0 Å². The molecule has 0 aliphatic heterocycles. The van der Waals surface area contributed by atoms with Crippen LogP contribution in [-0.4, -0.2) is 28.8 Å². The predicted octanol–water partition coefficient (Wildman–Crippen LogP) is 2.87. The van der Waals surface area contributed by atoms with Crippen molar-refractivity contribution in [2.24, 2.45) is 0 Å². The van der Waals surface area contributed by atoms with Gasteiger partial charge in [-0.15, -0.1) is 0 Å². The molecule has 1 aromatic heterocycles. The van der Waals surface area contributed by atoms with E-state index in [4.69, 9.17) is 0 Å². The Kier molecular flexibility index (Phi) is 6.36. The Labute approximate surface area is 145 Å². The number of carbonyl (C=O) groups excluding carboxylic acids is 1. The summed E-state index contributed by atoms with van der Waals surface area (Å²) < 4.78 is 2.98. The molecule has 23 heavy (non-hydrogen) atoms. The Morgan fingerprint density at radius 1 is 1.26 bits per heavy atom. The van der Waals surface area contributed by atoms with Gasteiger partial charge in [0.25, 0.3) is 0 Å². The van der Waals surface area contributed by atoms with Crippen LogP contribution >= 0.6 is 15.9 Å².